The van der Waals surface area contributed by atoms with E-state index in [0.29, 0.717) is 19.4 Å². The Kier molecular flexibility index (Phi) is 11.7. The van der Waals surface area contributed by atoms with Crippen LogP contribution in [0.3, 0.4) is 0 Å². The molecule has 1 fully saturated rings. The molecule has 0 saturated heterocycles. The zero-order valence-corrected chi connectivity index (χ0v) is 29.4. The minimum absolute atomic E-state index is 0.00519. The van der Waals surface area contributed by atoms with E-state index >= 15 is 0 Å². The minimum Gasteiger partial charge on any atom is -0.478 e. The van der Waals surface area contributed by atoms with Crippen LogP contribution >= 0.6 is 0 Å². The number of azo groups is 1. The number of carbonyl (C=O) groups is 4. The largest absolute Gasteiger partial charge is 0.478 e. The zero-order chi connectivity index (χ0) is 36.7. The Morgan fingerprint density at radius 1 is 0.961 bits per heavy atom. The van der Waals surface area contributed by atoms with Gasteiger partial charge in [0.05, 0.1) is 11.1 Å². The number of aromatic carboxylic acids is 1. The van der Waals surface area contributed by atoms with Gasteiger partial charge in [-0.25, -0.2) is 19.0 Å². The van der Waals surface area contributed by atoms with Gasteiger partial charge in [0, 0.05) is 30.5 Å². The minimum atomic E-state index is -0.990. The summed E-state index contributed by atoms with van der Waals surface area (Å²) in [5.74, 6) is -2.47. The number of carboxylic acid groups (broad SMARTS) is 1. The number of carboxylic acids is 1. The number of hydrogen-bond acceptors (Lipinski definition) is 8. The van der Waals surface area contributed by atoms with Crippen LogP contribution in [0.4, 0.5) is 14.9 Å². The molecule has 268 valence electrons. The van der Waals surface area contributed by atoms with Crippen molar-refractivity contribution in [1.82, 2.24) is 5.32 Å². The van der Waals surface area contributed by atoms with E-state index in [1.165, 1.54) is 12.1 Å². The van der Waals surface area contributed by atoms with Gasteiger partial charge in [-0.1, -0.05) is 30.3 Å². The van der Waals surface area contributed by atoms with Crippen LogP contribution in [0.25, 0.3) is 11.1 Å². The normalized spacial score (nSPS) is 17.7. The number of halogens is 1. The fourth-order valence-electron chi connectivity index (χ4n) is 6.51. The number of carbonyl (C=O) groups excluding carboxylic acids is 3. The number of amides is 2. The number of ketones is 1. The molecule has 0 bridgehead atoms. The molecule has 11 nitrogen and oxygen atoms in total. The molecular weight excluding hydrogens is 653 g/mol. The molecule has 3 aromatic carbocycles. The molecular formula is C39H44FN5O6. The summed E-state index contributed by atoms with van der Waals surface area (Å²) < 4.78 is 20.3. The molecule has 0 spiro atoms. The molecule has 0 radical (unpaired) electrons. The van der Waals surface area contributed by atoms with Gasteiger partial charge in [-0.15, -0.1) is 5.11 Å². The number of amidine groups is 1. The quantitative estimate of drug-likeness (QED) is 0.175. The predicted octanol–water partition coefficient (Wildman–Crippen LogP) is 7.76. The van der Waals surface area contributed by atoms with Crippen LogP contribution in [0, 0.1) is 30.5 Å². The Hall–Kier alpha value is -5.26. The first-order chi connectivity index (χ1) is 24.3. The van der Waals surface area contributed by atoms with Gasteiger partial charge in [0.15, 0.2) is 12.5 Å². The van der Waals surface area contributed by atoms with Crippen molar-refractivity contribution in [3.05, 3.63) is 88.7 Å². The summed E-state index contributed by atoms with van der Waals surface area (Å²) in [5, 5.41) is 22.6. The Morgan fingerprint density at radius 3 is 2.27 bits per heavy atom. The highest BCUT2D eigenvalue weighted by atomic mass is 19.1. The highest BCUT2D eigenvalue weighted by Crippen LogP contribution is 2.32. The average molecular weight is 698 g/mol. The third-order valence-electron chi connectivity index (χ3n) is 9.20. The van der Waals surface area contributed by atoms with Gasteiger partial charge in [-0.2, -0.15) is 5.11 Å². The summed E-state index contributed by atoms with van der Waals surface area (Å²) >= 11 is 0. The van der Waals surface area contributed by atoms with Crippen LogP contribution in [0.5, 0.6) is 0 Å². The molecule has 1 atom stereocenters. The molecule has 5 rings (SSSR count). The number of anilines is 1. The van der Waals surface area contributed by atoms with E-state index in [-0.39, 0.29) is 59.8 Å². The number of aliphatic imine (C=N–C) groups is 1. The van der Waals surface area contributed by atoms with Crippen LogP contribution in [0.1, 0.15) is 79.9 Å². The lowest BCUT2D eigenvalue weighted by atomic mass is 9.77. The summed E-state index contributed by atoms with van der Waals surface area (Å²) in [4.78, 5) is 55.0. The molecule has 1 heterocycles. The lowest BCUT2D eigenvalue weighted by Crippen LogP contribution is -2.37. The first kappa shape index (κ1) is 37.0. The summed E-state index contributed by atoms with van der Waals surface area (Å²) in [6.45, 7) is 7.91. The Labute approximate surface area is 296 Å². The summed E-state index contributed by atoms with van der Waals surface area (Å²) in [7, 11) is 0. The van der Waals surface area contributed by atoms with Crippen molar-refractivity contribution in [3.63, 3.8) is 0 Å². The summed E-state index contributed by atoms with van der Waals surface area (Å²) in [6.07, 6.45) is 2.71. The second kappa shape index (κ2) is 16.2. The van der Waals surface area contributed by atoms with E-state index in [9.17, 15) is 28.7 Å². The van der Waals surface area contributed by atoms with E-state index in [4.69, 9.17) is 4.74 Å². The van der Waals surface area contributed by atoms with Crippen molar-refractivity contribution in [2.24, 2.45) is 33.0 Å². The number of ether oxygens (including phenoxy) is 1. The van der Waals surface area contributed by atoms with Crippen LogP contribution < -0.4 is 10.6 Å². The molecule has 51 heavy (non-hydrogen) atoms. The second-order valence-electron chi connectivity index (χ2n) is 14.3. The van der Waals surface area contributed by atoms with Gasteiger partial charge in [0.2, 0.25) is 5.91 Å². The van der Waals surface area contributed by atoms with Gasteiger partial charge in [0.25, 0.3) is 0 Å². The highest BCUT2D eigenvalue weighted by molar-refractivity contribution is 6.01. The molecule has 0 unspecified atom stereocenters. The molecule has 0 aromatic heterocycles. The van der Waals surface area contributed by atoms with Gasteiger partial charge >= 0.3 is 12.1 Å². The number of Topliss-reactive ketones (excluding diaryl/α,β-unsaturated/α-hetero) is 1. The third kappa shape index (κ3) is 10.1. The molecule has 1 aliphatic carbocycles. The smallest absolute Gasteiger partial charge is 0.407 e. The molecule has 2 amide bonds. The maximum Gasteiger partial charge on any atom is 0.407 e. The van der Waals surface area contributed by atoms with E-state index < -0.39 is 35.3 Å². The first-order valence-electron chi connectivity index (χ1n) is 17.2. The number of nitrogens with one attached hydrogen (secondary N) is 2. The molecule has 1 aliphatic heterocycles. The van der Waals surface area contributed by atoms with Crippen LogP contribution in [-0.4, -0.2) is 53.5 Å². The lowest BCUT2D eigenvalue weighted by Gasteiger charge is -2.29. The van der Waals surface area contributed by atoms with Crippen molar-refractivity contribution in [2.45, 2.75) is 71.8 Å². The number of aryl methyl sites for hydroxylation is 1. The second-order valence-corrected chi connectivity index (χ2v) is 14.3. The van der Waals surface area contributed by atoms with E-state index in [0.717, 1.165) is 35.1 Å². The number of hydrogen-bond donors (Lipinski definition) is 3. The van der Waals surface area contributed by atoms with Crippen LogP contribution in [0.2, 0.25) is 0 Å². The van der Waals surface area contributed by atoms with Gasteiger partial charge in [-0.05, 0) is 118 Å². The maximum atomic E-state index is 15.0. The SMILES string of the molecule is Cc1cc(C(=O)O)ccc1-c1ccc(C[C@H](CC(=O)C2CCC(CNC(=O)OC(C)(C)C)CC2)C(=O)Nc2ccc(C3=NCN=N3)c(F)c2)cc1. The van der Waals surface area contributed by atoms with E-state index in [2.05, 4.69) is 25.9 Å². The summed E-state index contributed by atoms with van der Waals surface area (Å²) in [5.41, 5.74) is 3.52. The van der Waals surface area contributed by atoms with Crippen molar-refractivity contribution >= 4 is 35.3 Å². The fourth-order valence-corrected chi connectivity index (χ4v) is 6.51. The van der Waals surface area contributed by atoms with Crippen molar-refractivity contribution in [2.75, 3.05) is 18.5 Å². The molecule has 2 aliphatic rings. The Bertz CT molecular complexity index is 1840. The molecule has 1 saturated carbocycles. The maximum absolute atomic E-state index is 15.0. The average Bonchev–Trinajstić information content (AvgIpc) is 3.62. The first-order valence-corrected chi connectivity index (χ1v) is 17.2. The Balaban J connectivity index is 1.27. The predicted molar refractivity (Wildman–Crippen MR) is 191 cm³/mol. The number of nitrogens with zero attached hydrogens (tertiary/aromatic N) is 3. The third-order valence-corrected chi connectivity index (χ3v) is 9.20. The van der Waals surface area contributed by atoms with Crippen LogP contribution in [-0.2, 0) is 20.7 Å². The fraction of sp³-hybridized carbons (Fsp3) is 0.410. The molecule has 12 heteroatoms. The standard InChI is InChI=1S/C39H44FN5O6/c1-23-17-28(37(48)49)13-15-31(23)26-9-5-24(6-10-26)18-29(36(47)44-30-14-16-32(33(40)20-30)35-42-22-43-45-35)19-34(46)27-11-7-25(8-12-27)21-41-38(50)51-39(2,3)4/h5-6,9-10,13-17,20,25,27,29H,7-8,11-12,18-19,21-22H2,1-4H3,(H,41,50)(H,44,47)(H,48,49)/t25?,27?,29-/m1/s1. The van der Waals surface area contributed by atoms with Crippen molar-refractivity contribution < 1.29 is 33.4 Å². The summed E-state index contributed by atoms with van der Waals surface area (Å²) in [6, 6.07) is 16.9. The van der Waals surface area contributed by atoms with E-state index in [1.54, 1.807) is 24.3 Å². The number of alkyl carbamates (subject to hydrolysis) is 1. The zero-order valence-electron chi connectivity index (χ0n) is 29.4. The van der Waals surface area contributed by atoms with E-state index in [1.807, 2.05) is 52.0 Å². The van der Waals surface area contributed by atoms with Gasteiger partial charge < -0.3 is 20.5 Å². The number of benzene rings is 3. The number of rotatable bonds is 12. The monoisotopic (exact) mass is 697 g/mol. The molecule has 3 aromatic rings. The lowest BCUT2D eigenvalue weighted by molar-refractivity contribution is -0.129. The van der Waals surface area contributed by atoms with Crippen LogP contribution in [0.15, 0.2) is 75.9 Å². The van der Waals surface area contributed by atoms with Gasteiger partial charge in [0.1, 0.15) is 17.2 Å². The van der Waals surface area contributed by atoms with Gasteiger partial charge in [-0.3, -0.25) is 9.59 Å². The Morgan fingerprint density at radius 2 is 1.67 bits per heavy atom. The van der Waals surface area contributed by atoms with Crippen molar-refractivity contribution in [3.8, 4) is 11.1 Å². The molecule has 3 N–H and O–H groups in total. The topological polar surface area (TPSA) is 159 Å². The highest BCUT2D eigenvalue weighted by Gasteiger charge is 2.31. The van der Waals surface area contributed by atoms with Crippen molar-refractivity contribution in [1.29, 1.82) is 0 Å².